The average molecular weight is 425 g/mol. The number of aromatic nitrogens is 3. The molecule has 3 aliphatic rings. The molecule has 31 heavy (non-hydrogen) atoms. The number of carbonyl (C=O) groups excluding carboxylic acids is 1. The van der Waals surface area contributed by atoms with Crippen molar-refractivity contribution in [2.24, 2.45) is 11.7 Å². The zero-order valence-corrected chi connectivity index (χ0v) is 18.1. The molecule has 0 bridgehead atoms. The van der Waals surface area contributed by atoms with Gasteiger partial charge < -0.3 is 15.4 Å². The topological polar surface area (TPSA) is 89.5 Å². The summed E-state index contributed by atoms with van der Waals surface area (Å²) in [6.07, 6.45) is 10.3. The van der Waals surface area contributed by atoms with Crippen molar-refractivity contribution in [2.75, 3.05) is 44.3 Å². The lowest BCUT2D eigenvalue weighted by Crippen LogP contribution is -2.49. The number of pyridine rings is 1. The summed E-state index contributed by atoms with van der Waals surface area (Å²) in [6, 6.07) is 4.14. The van der Waals surface area contributed by atoms with Gasteiger partial charge in [-0.25, -0.2) is 14.8 Å². The molecule has 5 rings (SSSR count). The number of carbonyl (C=O) groups is 1. The molecule has 8 nitrogen and oxygen atoms in total. The fourth-order valence-electron chi connectivity index (χ4n) is 4.89. The van der Waals surface area contributed by atoms with Gasteiger partial charge in [0.2, 0.25) is 0 Å². The number of nitrogens with two attached hydrogens (primary N) is 1. The van der Waals surface area contributed by atoms with Crippen LogP contribution in [0.2, 0.25) is 0 Å². The molecule has 0 spiro atoms. The number of primary amides is 1. The number of piperidine rings is 1. The number of hydrogen-bond donors (Lipinski definition) is 1. The number of ether oxygens (including phenoxy) is 1. The third kappa shape index (κ3) is 4.60. The summed E-state index contributed by atoms with van der Waals surface area (Å²) in [5.41, 5.74) is 7.39. The Bertz CT molecular complexity index is 911. The second kappa shape index (κ2) is 8.96. The average Bonchev–Trinajstić information content (AvgIpc) is 3.55. The first-order valence-corrected chi connectivity index (χ1v) is 11.6. The Morgan fingerprint density at radius 3 is 2.61 bits per heavy atom. The van der Waals surface area contributed by atoms with E-state index >= 15 is 0 Å². The third-order valence-electron chi connectivity index (χ3n) is 6.88. The van der Waals surface area contributed by atoms with Crippen LogP contribution in [0.15, 0.2) is 24.5 Å². The summed E-state index contributed by atoms with van der Waals surface area (Å²) in [5, 5.41) is 0. The van der Waals surface area contributed by atoms with Gasteiger partial charge >= 0.3 is 6.03 Å². The van der Waals surface area contributed by atoms with Crippen LogP contribution in [-0.4, -0.2) is 70.9 Å². The molecule has 0 radical (unpaired) electrons. The predicted octanol–water partition coefficient (Wildman–Crippen LogP) is 2.52. The standard InChI is InChI=1S/C23H32N6O2/c24-23(30)29-16-20(26-21(29)6-5-17-3-4-17)19-2-1-9-25-22(19)28-10-7-18(8-11-28)27-12-14-31-15-13-27/h1-2,9,16-18H,3-8,10-15H2,(H2,24,30). The zero-order valence-electron chi connectivity index (χ0n) is 18.1. The van der Waals surface area contributed by atoms with Crippen LogP contribution in [0.5, 0.6) is 0 Å². The normalized spacial score (nSPS) is 20.8. The molecule has 0 unspecified atom stereocenters. The minimum absolute atomic E-state index is 0.471. The predicted molar refractivity (Wildman–Crippen MR) is 119 cm³/mol. The Labute approximate surface area is 183 Å². The van der Waals surface area contributed by atoms with Crippen molar-refractivity contribution >= 4 is 11.8 Å². The van der Waals surface area contributed by atoms with E-state index in [1.54, 1.807) is 6.20 Å². The van der Waals surface area contributed by atoms with Crippen molar-refractivity contribution in [3.63, 3.8) is 0 Å². The number of imidazole rings is 1. The summed E-state index contributed by atoms with van der Waals surface area (Å²) >= 11 is 0. The molecule has 8 heteroatoms. The van der Waals surface area contributed by atoms with E-state index in [2.05, 4.69) is 15.9 Å². The smallest absolute Gasteiger partial charge is 0.324 e. The fourth-order valence-corrected chi connectivity index (χ4v) is 4.89. The van der Waals surface area contributed by atoms with Gasteiger partial charge in [0.05, 0.1) is 18.9 Å². The van der Waals surface area contributed by atoms with E-state index in [9.17, 15) is 4.79 Å². The number of morpholine rings is 1. The number of rotatable bonds is 6. The van der Waals surface area contributed by atoms with E-state index in [0.717, 1.165) is 93.9 Å². The summed E-state index contributed by atoms with van der Waals surface area (Å²) in [7, 11) is 0. The highest BCUT2D eigenvalue weighted by Gasteiger charge is 2.28. The second-order valence-electron chi connectivity index (χ2n) is 8.97. The first-order chi connectivity index (χ1) is 15.2. The quantitative estimate of drug-likeness (QED) is 0.766. The monoisotopic (exact) mass is 424 g/mol. The molecule has 1 aliphatic carbocycles. The van der Waals surface area contributed by atoms with Gasteiger partial charge in [0.1, 0.15) is 11.6 Å². The lowest BCUT2D eigenvalue weighted by Gasteiger charge is -2.40. The van der Waals surface area contributed by atoms with E-state index < -0.39 is 6.03 Å². The maximum absolute atomic E-state index is 12.0. The van der Waals surface area contributed by atoms with Gasteiger partial charge in [0.25, 0.3) is 0 Å². The van der Waals surface area contributed by atoms with Gasteiger partial charge in [0.15, 0.2) is 0 Å². The van der Waals surface area contributed by atoms with E-state index in [1.165, 1.54) is 17.4 Å². The molecular weight excluding hydrogens is 392 g/mol. The summed E-state index contributed by atoms with van der Waals surface area (Å²) in [6.45, 7) is 5.70. The molecule has 4 heterocycles. The van der Waals surface area contributed by atoms with E-state index in [-0.39, 0.29) is 0 Å². The Morgan fingerprint density at radius 1 is 1.13 bits per heavy atom. The highest BCUT2D eigenvalue weighted by molar-refractivity contribution is 5.79. The first-order valence-electron chi connectivity index (χ1n) is 11.6. The number of anilines is 1. The van der Waals surface area contributed by atoms with E-state index in [1.807, 2.05) is 12.3 Å². The molecule has 0 aromatic carbocycles. The van der Waals surface area contributed by atoms with Crippen LogP contribution >= 0.6 is 0 Å². The Kier molecular flexibility index (Phi) is 5.91. The van der Waals surface area contributed by atoms with Crippen LogP contribution < -0.4 is 10.6 Å². The van der Waals surface area contributed by atoms with E-state index in [4.69, 9.17) is 20.4 Å². The van der Waals surface area contributed by atoms with Gasteiger partial charge in [-0.05, 0) is 37.3 Å². The molecule has 0 atom stereocenters. The first kappa shape index (κ1) is 20.5. The van der Waals surface area contributed by atoms with Crippen LogP contribution in [0.4, 0.5) is 10.6 Å². The molecule has 166 valence electrons. The summed E-state index contributed by atoms with van der Waals surface area (Å²) in [5.74, 6) is 2.49. The Hall–Kier alpha value is -2.45. The van der Waals surface area contributed by atoms with Gasteiger partial charge in [-0.2, -0.15) is 0 Å². The van der Waals surface area contributed by atoms with Crippen molar-refractivity contribution in [3.8, 4) is 11.3 Å². The van der Waals surface area contributed by atoms with Gasteiger partial charge in [-0.1, -0.05) is 12.8 Å². The summed E-state index contributed by atoms with van der Waals surface area (Å²) < 4.78 is 7.02. The highest BCUT2D eigenvalue weighted by atomic mass is 16.5. The Balaban J connectivity index is 1.33. The van der Waals surface area contributed by atoms with Crippen LogP contribution in [0, 0.1) is 5.92 Å². The van der Waals surface area contributed by atoms with Gasteiger partial charge in [-0.15, -0.1) is 0 Å². The van der Waals surface area contributed by atoms with Crippen LogP contribution in [0.3, 0.4) is 0 Å². The Morgan fingerprint density at radius 2 is 1.90 bits per heavy atom. The molecule has 1 amide bonds. The minimum Gasteiger partial charge on any atom is -0.379 e. The SMILES string of the molecule is NC(=O)n1cc(-c2cccnc2N2CCC(N3CCOCC3)CC2)nc1CCC1CC1. The van der Waals surface area contributed by atoms with Crippen LogP contribution in [-0.2, 0) is 11.2 Å². The van der Waals surface area contributed by atoms with Crippen molar-refractivity contribution in [3.05, 3.63) is 30.4 Å². The zero-order chi connectivity index (χ0) is 21.2. The van der Waals surface area contributed by atoms with Crippen LogP contribution in [0.1, 0.15) is 37.9 Å². The molecule has 2 N–H and O–H groups in total. The maximum atomic E-state index is 12.0. The fraction of sp³-hybridized carbons (Fsp3) is 0.609. The number of nitrogens with zero attached hydrogens (tertiary/aromatic N) is 5. The molecule has 3 fully saturated rings. The van der Waals surface area contributed by atoms with Crippen molar-refractivity contribution in [1.29, 1.82) is 0 Å². The molecule has 2 saturated heterocycles. The largest absolute Gasteiger partial charge is 0.379 e. The summed E-state index contributed by atoms with van der Waals surface area (Å²) in [4.78, 5) is 26.5. The van der Waals surface area contributed by atoms with Crippen molar-refractivity contribution in [1.82, 2.24) is 19.4 Å². The molecule has 1 saturated carbocycles. The molecule has 2 aliphatic heterocycles. The van der Waals surface area contributed by atoms with Crippen LogP contribution in [0.25, 0.3) is 11.3 Å². The highest BCUT2D eigenvalue weighted by Crippen LogP contribution is 2.34. The number of amides is 1. The number of hydrogen-bond acceptors (Lipinski definition) is 6. The molecule has 2 aromatic rings. The second-order valence-corrected chi connectivity index (χ2v) is 8.97. The van der Waals surface area contributed by atoms with Crippen molar-refractivity contribution < 1.29 is 9.53 Å². The minimum atomic E-state index is -0.471. The van der Waals surface area contributed by atoms with E-state index in [0.29, 0.717) is 6.04 Å². The van der Waals surface area contributed by atoms with Gasteiger partial charge in [0, 0.05) is 56.6 Å². The third-order valence-corrected chi connectivity index (χ3v) is 6.88. The number of aryl methyl sites for hydroxylation is 1. The maximum Gasteiger partial charge on any atom is 0.324 e. The molecule has 2 aromatic heterocycles. The lowest BCUT2D eigenvalue weighted by molar-refractivity contribution is 0.0115. The lowest BCUT2D eigenvalue weighted by atomic mass is 10.0. The molecular formula is C23H32N6O2. The van der Waals surface area contributed by atoms with Gasteiger partial charge in [-0.3, -0.25) is 9.47 Å². The van der Waals surface area contributed by atoms with Crippen molar-refractivity contribution in [2.45, 2.75) is 44.6 Å².